The predicted molar refractivity (Wildman–Crippen MR) is 61.8 cm³/mol. The monoisotopic (exact) mass is 212 g/mol. The molecule has 88 valence electrons. The molecule has 2 saturated heterocycles. The molecule has 0 aromatic carbocycles. The normalized spacial score (nSPS) is 31.2. The van der Waals surface area contributed by atoms with E-state index in [1.54, 1.807) is 0 Å². The molecule has 3 nitrogen and oxygen atoms in total. The Kier molecular flexibility index (Phi) is 3.65. The van der Waals surface area contributed by atoms with Gasteiger partial charge in [-0.25, -0.2) is 0 Å². The Hall–Kier alpha value is -0.120. The summed E-state index contributed by atoms with van der Waals surface area (Å²) in [6, 6.07) is 0. The van der Waals surface area contributed by atoms with Crippen molar-refractivity contribution in [3.05, 3.63) is 0 Å². The van der Waals surface area contributed by atoms with Gasteiger partial charge in [0.05, 0.1) is 13.2 Å². The Balaban J connectivity index is 1.69. The minimum absolute atomic E-state index is 0.468. The van der Waals surface area contributed by atoms with Crippen molar-refractivity contribution in [2.45, 2.75) is 26.2 Å². The molecule has 2 aliphatic rings. The molecule has 1 unspecified atom stereocenters. The number of nitrogens with two attached hydrogens (primary N) is 1. The molecule has 2 rings (SSSR count). The van der Waals surface area contributed by atoms with Gasteiger partial charge in [0.25, 0.3) is 0 Å². The first-order valence-electron chi connectivity index (χ1n) is 6.22. The molecule has 0 amide bonds. The first kappa shape index (κ1) is 11.4. The molecular weight excluding hydrogens is 188 g/mol. The Morgan fingerprint density at radius 2 is 2.27 bits per heavy atom. The second-order valence-electron chi connectivity index (χ2n) is 5.60. The standard InChI is InChI=1S/C12H24N2O/c1-12(9-15-10-12)4-6-14-5-2-3-11(7-13)8-14/h11H,2-10,13H2,1H3. The Morgan fingerprint density at radius 1 is 1.47 bits per heavy atom. The van der Waals surface area contributed by atoms with Crippen LogP contribution >= 0.6 is 0 Å². The average molecular weight is 212 g/mol. The summed E-state index contributed by atoms with van der Waals surface area (Å²) in [4.78, 5) is 2.59. The second-order valence-corrected chi connectivity index (χ2v) is 5.60. The quantitative estimate of drug-likeness (QED) is 0.758. The molecule has 0 spiro atoms. The number of hydrogen-bond acceptors (Lipinski definition) is 3. The van der Waals surface area contributed by atoms with Crippen LogP contribution in [0.5, 0.6) is 0 Å². The van der Waals surface area contributed by atoms with Gasteiger partial charge in [-0.05, 0) is 44.8 Å². The summed E-state index contributed by atoms with van der Waals surface area (Å²) in [6.45, 7) is 8.83. The molecule has 2 aliphatic heterocycles. The fourth-order valence-electron chi connectivity index (χ4n) is 2.57. The van der Waals surface area contributed by atoms with E-state index >= 15 is 0 Å². The number of piperidine rings is 1. The van der Waals surface area contributed by atoms with Gasteiger partial charge in [-0.3, -0.25) is 0 Å². The molecule has 3 heteroatoms. The van der Waals surface area contributed by atoms with Crippen LogP contribution in [-0.4, -0.2) is 44.3 Å². The lowest BCUT2D eigenvalue weighted by atomic mass is 9.84. The van der Waals surface area contributed by atoms with E-state index in [1.807, 2.05) is 0 Å². The molecule has 15 heavy (non-hydrogen) atoms. The molecule has 0 aliphatic carbocycles. The summed E-state index contributed by atoms with van der Waals surface area (Å²) in [5.41, 5.74) is 6.21. The second kappa shape index (κ2) is 4.81. The van der Waals surface area contributed by atoms with Crippen molar-refractivity contribution in [2.75, 3.05) is 39.4 Å². The molecule has 0 bridgehead atoms. The van der Waals surface area contributed by atoms with E-state index in [2.05, 4.69) is 11.8 Å². The van der Waals surface area contributed by atoms with Crippen LogP contribution < -0.4 is 5.73 Å². The molecular formula is C12H24N2O. The van der Waals surface area contributed by atoms with Crippen molar-refractivity contribution in [2.24, 2.45) is 17.1 Å². The highest BCUT2D eigenvalue weighted by molar-refractivity contribution is 4.83. The Labute approximate surface area is 93.0 Å². The summed E-state index contributed by atoms with van der Waals surface area (Å²) in [7, 11) is 0. The van der Waals surface area contributed by atoms with E-state index in [9.17, 15) is 0 Å². The molecule has 1 atom stereocenters. The first-order valence-corrected chi connectivity index (χ1v) is 6.22. The highest BCUT2D eigenvalue weighted by Crippen LogP contribution is 2.31. The zero-order chi connectivity index (χ0) is 10.7. The third-order valence-electron chi connectivity index (χ3n) is 3.87. The van der Waals surface area contributed by atoms with Crippen LogP contribution in [-0.2, 0) is 4.74 Å². The number of nitrogens with zero attached hydrogens (tertiary/aromatic N) is 1. The fraction of sp³-hybridized carbons (Fsp3) is 1.00. The molecule has 0 radical (unpaired) electrons. The maximum Gasteiger partial charge on any atom is 0.0542 e. The molecule has 2 fully saturated rings. The Bertz CT molecular complexity index is 204. The van der Waals surface area contributed by atoms with Crippen LogP contribution in [0.25, 0.3) is 0 Å². The van der Waals surface area contributed by atoms with E-state index in [-0.39, 0.29) is 0 Å². The third kappa shape index (κ3) is 2.92. The summed E-state index contributed by atoms with van der Waals surface area (Å²) >= 11 is 0. The molecule has 2 N–H and O–H groups in total. The summed E-state index contributed by atoms with van der Waals surface area (Å²) in [5.74, 6) is 0.740. The van der Waals surface area contributed by atoms with Crippen LogP contribution in [0, 0.1) is 11.3 Å². The van der Waals surface area contributed by atoms with Crippen molar-refractivity contribution in [3.8, 4) is 0 Å². The highest BCUT2D eigenvalue weighted by Gasteiger charge is 2.33. The highest BCUT2D eigenvalue weighted by atomic mass is 16.5. The van der Waals surface area contributed by atoms with Gasteiger partial charge in [0.2, 0.25) is 0 Å². The molecule has 0 aromatic heterocycles. The van der Waals surface area contributed by atoms with Gasteiger partial charge in [-0.1, -0.05) is 6.92 Å². The summed E-state index contributed by atoms with van der Waals surface area (Å²) in [6.07, 6.45) is 3.94. The largest absolute Gasteiger partial charge is 0.380 e. The predicted octanol–water partition coefficient (Wildman–Crippen LogP) is 1.08. The van der Waals surface area contributed by atoms with Crippen molar-refractivity contribution in [1.29, 1.82) is 0 Å². The van der Waals surface area contributed by atoms with Gasteiger partial charge in [0.15, 0.2) is 0 Å². The number of ether oxygens (including phenoxy) is 1. The SMILES string of the molecule is CC1(CCN2CCCC(CN)C2)COC1. The van der Waals surface area contributed by atoms with Gasteiger partial charge in [-0.2, -0.15) is 0 Å². The van der Waals surface area contributed by atoms with Gasteiger partial charge in [0, 0.05) is 12.0 Å². The van der Waals surface area contributed by atoms with E-state index in [1.165, 1.54) is 38.9 Å². The van der Waals surface area contributed by atoms with Crippen LogP contribution in [0.3, 0.4) is 0 Å². The summed E-state index contributed by atoms with van der Waals surface area (Å²) < 4.78 is 5.28. The molecule has 2 heterocycles. The zero-order valence-corrected chi connectivity index (χ0v) is 9.87. The number of hydrogen-bond donors (Lipinski definition) is 1. The zero-order valence-electron chi connectivity index (χ0n) is 9.87. The number of likely N-dealkylation sites (tertiary alicyclic amines) is 1. The Morgan fingerprint density at radius 3 is 2.87 bits per heavy atom. The van der Waals surface area contributed by atoms with E-state index in [0.29, 0.717) is 5.41 Å². The van der Waals surface area contributed by atoms with Gasteiger partial charge in [-0.15, -0.1) is 0 Å². The van der Waals surface area contributed by atoms with Crippen molar-refractivity contribution < 1.29 is 4.74 Å². The van der Waals surface area contributed by atoms with Gasteiger partial charge < -0.3 is 15.4 Å². The maximum atomic E-state index is 5.74. The van der Waals surface area contributed by atoms with E-state index in [4.69, 9.17) is 10.5 Å². The van der Waals surface area contributed by atoms with Crippen molar-refractivity contribution in [3.63, 3.8) is 0 Å². The molecule has 0 saturated carbocycles. The lowest BCUT2D eigenvalue weighted by molar-refractivity contribution is -0.109. The lowest BCUT2D eigenvalue weighted by Crippen LogP contribution is -2.45. The lowest BCUT2D eigenvalue weighted by Gasteiger charge is -2.41. The van der Waals surface area contributed by atoms with Gasteiger partial charge >= 0.3 is 0 Å². The third-order valence-corrected chi connectivity index (χ3v) is 3.87. The molecule has 0 aromatic rings. The van der Waals surface area contributed by atoms with Crippen molar-refractivity contribution in [1.82, 2.24) is 4.90 Å². The average Bonchev–Trinajstić information content (AvgIpc) is 2.24. The van der Waals surface area contributed by atoms with Crippen LogP contribution in [0.15, 0.2) is 0 Å². The van der Waals surface area contributed by atoms with E-state index in [0.717, 1.165) is 25.7 Å². The van der Waals surface area contributed by atoms with Crippen LogP contribution in [0.2, 0.25) is 0 Å². The first-order chi connectivity index (χ1) is 7.22. The van der Waals surface area contributed by atoms with E-state index < -0.39 is 0 Å². The minimum atomic E-state index is 0.468. The van der Waals surface area contributed by atoms with Crippen LogP contribution in [0.4, 0.5) is 0 Å². The van der Waals surface area contributed by atoms with Crippen molar-refractivity contribution >= 4 is 0 Å². The van der Waals surface area contributed by atoms with Crippen LogP contribution in [0.1, 0.15) is 26.2 Å². The fourth-order valence-corrected chi connectivity index (χ4v) is 2.57. The number of rotatable bonds is 4. The maximum absolute atomic E-state index is 5.74. The topological polar surface area (TPSA) is 38.5 Å². The minimum Gasteiger partial charge on any atom is -0.380 e. The smallest absolute Gasteiger partial charge is 0.0542 e. The summed E-state index contributed by atoms with van der Waals surface area (Å²) in [5, 5.41) is 0. The van der Waals surface area contributed by atoms with Gasteiger partial charge in [0.1, 0.15) is 0 Å².